The molecule has 2 aromatic rings. The van der Waals surface area contributed by atoms with Gasteiger partial charge in [0.05, 0.1) is 26.8 Å². The molecule has 0 aliphatic rings. The molecule has 0 aliphatic heterocycles. The molecule has 0 unspecified atom stereocenters. The fourth-order valence-electron chi connectivity index (χ4n) is 2.02. The minimum Gasteiger partial charge on any atom is -0.493 e. The second kappa shape index (κ2) is 6.63. The van der Waals surface area contributed by atoms with Gasteiger partial charge in [-0.25, -0.2) is 0 Å². The molecule has 2 rings (SSSR count). The molecule has 0 saturated carbocycles. The third kappa shape index (κ3) is 3.17. The van der Waals surface area contributed by atoms with Crippen LogP contribution >= 0.6 is 0 Å². The van der Waals surface area contributed by atoms with E-state index < -0.39 is 0 Å². The summed E-state index contributed by atoms with van der Waals surface area (Å²) in [6.45, 7) is 0. The van der Waals surface area contributed by atoms with Crippen LogP contribution in [-0.4, -0.2) is 29.9 Å². The highest BCUT2D eigenvalue weighted by Crippen LogP contribution is 2.27. The largest absolute Gasteiger partial charge is 0.493 e. The fraction of sp³-hybridized carbons (Fsp3) is 0.267. The topological polar surface area (TPSA) is 89.2 Å². The van der Waals surface area contributed by atoms with E-state index in [-0.39, 0.29) is 12.3 Å². The smallest absolute Gasteiger partial charge is 0.229 e. The summed E-state index contributed by atoms with van der Waals surface area (Å²) >= 11 is 0. The molecule has 1 N–H and O–H groups in total. The number of nitriles is 1. The second-order valence-corrected chi connectivity index (χ2v) is 4.56. The predicted octanol–water partition coefficient (Wildman–Crippen LogP) is 1.49. The van der Waals surface area contributed by atoms with Gasteiger partial charge < -0.3 is 14.8 Å². The predicted molar refractivity (Wildman–Crippen MR) is 79.8 cm³/mol. The van der Waals surface area contributed by atoms with Crippen LogP contribution in [0, 0.1) is 11.3 Å². The van der Waals surface area contributed by atoms with Gasteiger partial charge in [-0.3, -0.25) is 9.48 Å². The average molecular weight is 300 g/mol. The third-order valence-electron chi connectivity index (χ3n) is 3.13. The molecule has 0 saturated heterocycles. The number of nitrogens with one attached hydrogen (secondary N) is 1. The summed E-state index contributed by atoms with van der Waals surface area (Å²) in [5, 5.41) is 15.6. The molecule has 1 aromatic carbocycles. The zero-order chi connectivity index (χ0) is 16.1. The minimum atomic E-state index is -0.243. The van der Waals surface area contributed by atoms with Crippen molar-refractivity contribution in [1.82, 2.24) is 9.78 Å². The van der Waals surface area contributed by atoms with E-state index in [4.69, 9.17) is 14.7 Å². The Balaban J connectivity index is 2.12. The van der Waals surface area contributed by atoms with Crippen molar-refractivity contribution in [1.29, 1.82) is 5.26 Å². The molecule has 7 nitrogen and oxygen atoms in total. The first-order valence-corrected chi connectivity index (χ1v) is 6.52. The molecule has 22 heavy (non-hydrogen) atoms. The van der Waals surface area contributed by atoms with Gasteiger partial charge in [0.2, 0.25) is 5.91 Å². The molecule has 0 bridgehead atoms. The van der Waals surface area contributed by atoms with Crippen LogP contribution in [0.15, 0.2) is 24.4 Å². The Labute approximate surface area is 128 Å². The van der Waals surface area contributed by atoms with Crippen LogP contribution < -0.4 is 14.8 Å². The summed E-state index contributed by atoms with van der Waals surface area (Å²) in [6.07, 6.45) is 1.56. The van der Waals surface area contributed by atoms with Gasteiger partial charge in [0.15, 0.2) is 11.5 Å². The molecular weight excluding hydrogens is 284 g/mol. The molecule has 1 amide bonds. The first-order chi connectivity index (χ1) is 10.6. The highest BCUT2D eigenvalue weighted by molar-refractivity contribution is 5.92. The number of hydrogen-bond donors (Lipinski definition) is 1. The van der Waals surface area contributed by atoms with Crippen LogP contribution in [0.2, 0.25) is 0 Å². The van der Waals surface area contributed by atoms with E-state index >= 15 is 0 Å². The van der Waals surface area contributed by atoms with Crippen LogP contribution in [0.3, 0.4) is 0 Å². The van der Waals surface area contributed by atoms with Crippen molar-refractivity contribution in [3.8, 4) is 17.6 Å². The van der Waals surface area contributed by atoms with E-state index in [1.807, 2.05) is 6.07 Å². The van der Waals surface area contributed by atoms with E-state index in [0.717, 1.165) is 5.56 Å². The number of aryl methyl sites for hydroxylation is 1. The normalized spacial score (nSPS) is 9.91. The van der Waals surface area contributed by atoms with Crippen LogP contribution in [-0.2, 0) is 18.3 Å². The molecular formula is C15H16N4O3. The number of methoxy groups -OCH3 is 2. The molecule has 0 radical (unpaired) electrons. The number of rotatable bonds is 5. The van der Waals surface area contributed by atoms with Crippen molar-refractivity contribution in [2.45, 2.75) is 6.42 Å². The first kappa shape index (κ1) is 15.4. The minimum absolute atomic E-state index is 0.149. The van der Waals surface area contributed by atoms with E-state index in [0.29, 0.717) is 22.9 Å². The molecule has 1 aromatic heterocycles. The van der Waals surface area contributed by atoms with Crippen molar-refractivity contribution < 1.29 is 14.3 Å². The average Bonchev–Trinajstić information content (AvgIpc) is 2.87. The Bertz CT molecular complexity index is 731. The van der Waals surface area contributed by atoms with Gasteiger partial charge in [-0.15, -0.1) is 0 Å². The van der Waals surface area contributed by atoms with Gasteiger partial charge in [-0.1, -0.05) is 6.07 Å². The van der Waals surface area contributed by atoms with Gasteiger partial charge in [0.25, 0.3) is 0 Å². The lowest BCUT2D eigenvalue weighted by Crippen LogP contribution is -2.17. The number of carbonyl (C=O) groups excluding carboxylic acids is 1. The van der Waals surface area contributed by atoms with Crippen LogP contribution in [0.5, 0.6) is 11.5 Å². The molecule has 0 spiro atoms. The number of hydrogen-bond acceptors (Lipinski definition) is 5. The lowest BCUT2D eigenvalue weighted by Gasteiger charge is -2.10. The number of aromatic nitrogens is 2. The molecule has 1 heterocycles. The van der Waals surface area contributed by atoms with Crippen molar-refractivity contribution in [2.24, 2.45) is 7.05 Å². The zero-order valence-electron chi connectivity index (χ0n) is 12.6. The number of anilines is 1. The standard InChI is InChI=1S/C15H16N4O3/c1-19-15(11(8-16)9-17-19)18-14(20)7-10-4-5-12(21-2)13(6-10)22-3/h4-6,9H,7H2,1-3H3,(H,18,20). The number of carbonyl (C=O) groups is 1. The highest BCUT2D eigenvalue weighted by Gasteiger charge is 2.13. The Kier molecular flexibility index (Phi) is 4.63. The molecule has 0 atom stereocenters. The summed E-state index contributed by atoms with van der Waals surface area (Å²) in [7, 11) is 4.75. The SMILES string of the molecule is COc1ccc(CC(=O)Nc2c(C#N)cnn2C)cc1OC. The van der Waals surface area contributed by atoms with E-state index in [1.54, 1.807) is 32.4 Å². The van der Waals surface area contributed by atoms with E-state index in [9.17, 15) is 4.79 Å². The second-order valence-electron chi connectivity index (χ2n) is 4.56. The van der Waals surface area contributed by atoms with Gasteiger partial charge >= 0.3 is 0 Å². The van der Waals surface area contributed by atoms with E-state index in [2.05, 4.69) is 10.4 Å². The van der Waals surface area contributed by atoms with Gasteiger partial charge in [0.1, 0.15) is 17.5 Å². The Hall–Kier alpha value is -3.01. The summed E-state index contributed by atoms with van der Waals surface area (Å²) in [6, 6.07) is 7.26. The highest BCUT2D eigenvalue weighted by atomic mass is 16.5. The van der Waals surface area contributed by atoms with Crippen LogP contribution in [0.25, 0.3) is 0 Å². The number of amides is 1. The van der Waals surface area contributed by atoms with Crippen molar-refractivity contribution in [3.63, 3.8) is 0 Å². The quantitative estimate of drug-likeness (QED) is 0.903. The van der Waals surface area contributed by atoms with E-state index in [1.165, 1.54) is 18.0 Å². The molecule has 114 valence electrons. The number of benzene rings is 1. The lowest BCUT2D eigenvalue weighted by molar-refractivity contribution is -0.115. The molecule has 0 fully saturated rings. The summed E-state index contributed by atoms with van der Waals surface area (Å²) in [4.78, 5) is 12.1. The summed E-state index contributed by atoms with van der Waals surface area (Å²) in [5.41, 5.74) is 1.10. The maximum atomic E-state index is 12.1. The van der Waals surface area contributed by atoms with Crippen molar-refractivity contribution in [3.05, 3.63) is 35.5 Å². The monoisotopic (exact) mass is 300 g/mol. The maximum Gasteiger partial charge on any atom is 0.229 e. The maximum absolute atomic E-state index is 12.1. The molecule has 0 aliphatic carbocycles. The Morgan fingerprint density at radius 1 is 1.36 bits per heavy atom. The van der Waals surface area contributed by atoms with Crippen LogP contribution in [0.1, 0.15) is 11.1 Å². The number of nitrogens with zero attached hydrogens (tertiary/aromatic N) is 3. The Morgan fingerprint density at radius 3 is 2.73 bits per heavy atom. The fourth-order valence-corrected chi connectivity index (χ4v) is 2.02. The first-order valence-electron chi connectivity index (χ1n) is 6.52. The Morgan fingerprint density at radius 2 is 2.09 bits per heavy atom. The van der Waals surface area contributed by atoms with Gasteiger partial charge in [0, 0.05) is 7.05 Å². The summed E-state index contributed by atoms with van der Waals surface area (Å²) < 4.78 is 11.8. The third-order valence-corrected chi connectivity index (χ3v) is 3.13. The molecule has 7 heteroatoms. The zero-order valence-corrected chi connectivity index (χ0v) is 12.6. The van der Waals surface area contributed by atoms with Crippen molar-refractivity contribution in [2.75, 3.05) is 19.5 Å². The van der Waals surface area contributed by atoms with Gasteiger partial charge in [-0.2, -0.15) is 10.4 Å². The van der Waals surface area contributed by atoms with Gasteiger partial charge in [-0.05, 0) is 17.7 Å². The summed E-state index contributed by atoms with van der Waals surface area (Å²) in [5.74, 6) is 1.30. The lowest BCUT2D eigenvalue weighted by atomic mass is 10.1. The van der Waals surface area contributed by atoms with Crippen LogP contribution in [0.4, 0.5) is 5.82 Å². The number of ether oxygens (including phenoxy) is 2. The van der Waals surface area contributed by atoms with Crippen molar-refractivity contribution >= 4 is 11.7 Å².